The lowest BCUT2D eigenvalue weighted by molar-refractivity contribution is -0.123. The highest BCUT2D eigenvalue weighted by atomic mass is 16.5. The first-order valence-electron chi connectivity index (χ1n) is 8.02. The summed E-state index contributed by atoms with van der Waals surface area (Å²) in [7, 11) is 0. The molecule has 3 aromatic rings. The first-order valence-corrected chi connectivity index (χ1v) is 8.02. The number of amides is 2. The van der Waals surface area contributed by atoms with Crippen LogP contribution in [0.1, 0.15) is 0 Å². The fourth-order valence-electron chi connectivity index (χ4n) is 2.99. The third-order valence-corrected chi connectivity index (χ3v) is 4.17. The van der Waals surface area contributed by atoms with Gasteiger partial charge in [-0.25, -0.2) is 0 Å². The zero-order valence-electron chi connectivity index (χ0n) is 13.4. The molecule has 5 nitrogen and oxygen atoms in total. The van der Waals surface area contributed by atoms with Crippen molar-refractivity contribution >= 4 is 34.0 Å². The predicted molar refractivity (Wildman–Crippen MR) is 96.9 cm³/mol. The number of ether oxygens (including phenoxy) is 1. The molecule has 0 fully saturated rings. The molecule has 5 heteroatoms. The summed E-state index contributed by atoms with van der Waals surface area (Å²) in [5, 5.41) is 4.77. The predicted octanol–water partition coefficient (Wildman–Crippen LogP) is 3.20. The van der Waals surface area contributed by atoms with Gasteiger partial charge < -0.3 is 10.1 Å². The van der Waals surface area contributed by atoms with E-state index in [4.69, 9.17) is 4.74 Å². The average Bonchev–Trinajstić information content (AvgIpc) is 2.65. The zero-order chi connectivity index (χ0) is 17.2. The molecule has 3 aromatic carbocycles. The minimum atomic E-state index is -0.254. The largest absolute Gasteiger partial charge is 0.483 e. The first kappa shape index (κ1) is 15.2. The molecule has 0 bridgehead atoms. The summed E-state index contributed by atoms with van der Waals surface area (Å²) in [4.78, 5) is 25.9. The second-order valence-electron chi connectivity index (χ2n) is 5.81. The van der Waals surface area contributed by atoms with Gasteiger partial charge in [0.25, 0.3) is 5.91 Å². The molecular weight excluding hydrogens is 316 g/mol. The van der Waals surface area contributed by atoms with Gasteiger partial charge in [0.15, 0.2) is 6.61 Å². The Labute approximate surface area is 144 Å². The van der Waals surface area contributed by atoms with Crippen molar-refractivity contribution in [2.75, 3.05) is 23.4 Å². The summed E-state index contributed by atoms with van der Waals surface area (Å²) in [6, 6.07) is 20.8. The van der Waals surface area contributed by atoms with Crippen molar-refractivity contribution in [1.29, 1.82) is 0 Å². The van der Waals surface area contributed by atoms with Gasteiger partial charge in [-0.3, -0.25) is 14.5 Å². The molecule has 0 saturated carbocycles. The van der Waals surface area contributed by atoms with Crippen molar-refractivity contribution in [2.24, 2.45) is 0 Å². The minimum Gasteiger partial charge on any atom is -0.483 e. The van der Waals surface area contributed by atoms with E-state index in [9.17, 15) is 9.59 Å². The number of benzene rings is 3. The zero-order valence-corrected chi connectivity index (χ0v) is 13.4. The minimum absolute atomic E-state index is 0.00521. The van der Waals surface area contributed by atoms with Crippen LogP contribution in [0.15, 0.2) is 66.7 Å². The molecule has 0 saturated heterocycles. The lowest BCUT2D eigenvalue weighted by Gasteiger charge is -2.29. The van der Waals surface area contributed by atoms with E-state index in [-0.39, 0.29) is 25.0 Å². The lowest BCUT2D eigenvalue weighted by atomic mass is 10.1. The Kier molecular flexibility index (Phi) is 3.82. The molecule has 1 aliphatic heterocycles. The van der Waals surface area contributed by atoms with Crippen LogP contribution < -0.4 is 15.0 Å². The standard InChI is InChI=1S/C20H16N2O3/c23-19-12-22(17-10-4-3-9-16(17)21-19)20(24)13-25-18-11-5-7-14-6-1-2-8-15(14)18/h1-11H,12-13H2,(H,21,23). The third kappa shape index (κ3) is 2.92. The van der Waals surface area contributed by atoms with Crippen LogP contribution in [0.25, 0.3) is 10.8 Å². The monoisotopic (exact) mass is 332 g/mol. The molecule has 25 heavy (non-hydrogen) atoms. The Morgan fingerprint density at radius 1 is 1.00 bits per heavy atom. The summed E-state index contributed by atoms with van der Waals surface area (Å²) < 4.78 is 5.76. The second-order valence-corrected chi connectivity index (χ2v) is 5.81. The summed E-state index contributed by atoms with van der Waals surface area (Å²) in [6.45, 7) is -0.135. The molecule has 2 amide bonds. The quantitative estimate of drug-likeness (QED) is 0.801. The van der Waals surface area contributed by atoms with Gasteiger partial charge in [-0.1, -0.05) is 48.5 Å². The Bertz CT molecular complexity index is 963. The molecule has 0 aromatic heterocycles. The van der Waals surface area contributed by atoms with E-state index >= 15 is 0 Å². The highest BCUT2D eigenvalue weighted by Gasteiger charge is 2.26. The van der Waals surface area contributed by atoms with Crippen LogP contribution >= 0.6 is 0 Å². The number of para-hydroxylation sites is 2. The van der Waals surface area contributed by atoms with E-state index in [0.717, 1.165) is 10.8 Å². The molecule has 124 valence electrons. The number of nitrogens with zero attached hydrogens (tertiary/aromatic N) is 1. The van der Waals surface area contributed by atoms with Gasteiger partial charge in [0, 0.05) is 5.39 Å². The molecule has 1 aliphatic rings. The maximum Gasteiger partial charge on any atom is 0.265 e. The molecule has 1 N–H and O–H groups in total. The topological polar surface area (TPSA) is 58.6 Å². The summed E-state index contributed by atoms with van der Waals surface area (Å²) in [6.07, 6.45) is 0. The SMILES string of the molecule is O=C1CN(C(=O)COc2cccc3ccccc23)c2ccccc2N1. The van der Waals surface area contributed by atoms with Crippen molar-refractivity contribution < 1.29 is 14.3 Å². The number of fused-ring (bicyclic) bond motifs is 2. The Balaban J connectivity index is 1.56. The second kappa shape index (κ2) is 6.28. The maximum absolute atomic E-state index is 12.6. The number of anilines is 2. The number of carbonyl (C=O) groups is 2. The molecule has 0 atom stereocenters. The van der Waals surface area contributed by atoms with Crippen molar-refractivity contribution in [3.05, 3.63) is 66.7 Å². The van der Waals surface area contributed by atoms with E-state index in [1.165, 1.54) is 4.90 Å². The van der Waals surface area contributed by atoms with Gasteiger partial charge in [-0.05, 0) is 23.6 Å². The van der Waals surface area contributed by atoms with Gasteiger partial charge in [0.1, 0.15) is 12.3 Å². The fourth-order valence-corrected chi connectivity index (χ4v) is 2.99. The van der Waals surface area contributed by atoms with Gasteiger partial charge in [0.2, 0.25) is 5.91 Å². The van der Waals surface area contributed by atoms with Crippen molar-refractivity contribution in [2.45, 2.75) is 0 Å². The van der Waals surface area contributed by atoms with Crippen LogP contribution in [0.3, 0.4) is 0 Å². The van der Waals surface area contributed by atoms with Gasteiger partial charge in [-0.2, -0.15) is 0 Å². The van der Waals surface area contributed by atoms with Crippen LogP contribution in [-0.4, -0.2) is 25.0 Å². The maximum atomic E-state index is 12.6. The molecular formula is C20H16N2O3. The van der Waals surface area contributed by atoms with Crippen LogP contribution in [0, 0.1) is 0 Å². The van der Waals surface area contributed by atoms with Crippen molar-refractivity contribution in [3.63, 3.8) is 0 Å². The number of rotatable bonds is 3. The fraction of sp³-hybridized carbons (Fsp3) is 0.100. The van der Waals surface area contributed by atoms with Gasteiger partial charge >= 0.3 is 0 Å². The third-order valence-electron chi connectivity index (χ3n) is 4.17. The molecule has 0 spiro atoms. The Morgan fingerprint density at radius 3 is 2.68 bits per heavy atom. The molecule has 1 heterocycles. The smallest absolute Gasteiger partial charge is 0.265 e. The number of carbonyl (C=O) groups excluding carboxylic acids is 2. The summed E-state index contributed by atoms with van der Waals surface area (Å²) in [5.41, 5.74) is 1.32. The number of hydrogen-bond donors (Lipinski definition) is 1. The van der Waals surface area contributed by atoms with Crippen molar-refractivity contribution in [3.8, 4) is 5.75 Å². The Morgan fingerprint density at radius 2 is 1.76 bits per heavy atom. The van der Waals surface area contributed by atoms with Gasteiger partial charge in [0.05, 0.1) is 11.4 Å². The Hall–Kier alpha value is -3.34. The summed E-state index contributed by atoms with van der Waals surface area (Å²) >= 11 is 0. The summed E-state index contributed by atoms with van der Waals surface area (Å²) in [5.74, 6) is 0.189. The molecule has 4 rings (SSSR count). The normalized spacial score (nSPS) is 13.3. The van der Waals surface area contributed by atoms with Crippen molar-refractivity contribution in [1.82, 2.24) is 0 Å². The number of hydrogen-bond acceptors (Lipinski definition) is 3. The van der Waals surface area contributed by atoms with Crippen LogP contribution in [0.2, 0.25) is 0 Å². The molecule has 0 aliphatic carbocycles. The van der Waals surface area contributed by atoms with E-state index in [1.807, 2.05) is 60.7 Å². The van der Waals surface area contributed by atoms with Gasteiger partial charge in [-0.15, -0.1) is 0 Å². The number of nitrogens with one attached hydrogen (secondary N) is 1. The highest BCUT2D eigenvalue weighted by molar-refractivity contribution is 6.10. The average molecular weight is 332 g/mol. The van der Waals surface area contributed by atoms with E-state index < -0.39 is 0 Å². The first-order chi connectivity index (χ1) is 12.2. The lowest BCUT2D eigenvalue weighted by Crippen LogP contribution is -2.44. The molecule has 0 unspecified atom stereocenters. The van der Waals surface area contributed by atoms with Crippen LogP contribution in [-0.2, 0) is 9.59 Å². The van der Waals surface area contributed by atoms with Crippen LogP contribution in [0.5, 0.6) is 5.75 Å². The van der Waals surface area contributed by atoms with E-state index in [0.29, 0.717) is 17.1 Å². The highest BCUT2D eigenvalue weighted by Crippen LogP contribution is 2.29. The van der Waals surface area contributed by atoms with E-state index in [1.54, 1.807) is 6.07 Å². The van der Waals surface area contributed by atoms with E-state index in [2.05, 4.69) is 5.32 Å². The molecule has 0 radical (unpaired) electrons. The van der Waals surface area contributed by atoms with Crippen LogP contribution in [0.4, 0.5) is 11.4 Å².